The van der Waals surface area contributed by atoms with Crippen molar-refractivity contribution in [1.29, 1.82) is 0 Å². The number of ether oxygens (including phenoxy) is 1. The number of nitrogens with zero attached hydrogens (tertiary/aromatic N) is 1. The van der Waals surface area contributed by atoms with Crippen molar-refractivity contribution in [1.82, 2.24) is 15.5 Å². The van der Waals surface area contributed by atoms with E-state index in [9.17, 15) is 9.59 Å². The molecule has 2 amide bonds. The maximum absolute atomic E-state index is 11.6. The number of carbonyl (C=O) groups excluding carboxylic acids is 2. The van der Waals surface area contributed by atoms with Crippen molar-refractivity contribution < 1.29 is 14.3 Å². The maximum Gasteiger partial charge on any atom is 0.239 e. The first-order chi connectivity index (χ1) is 7.97. The van der Waals surface area contributed by atoms with Crippen molar-refractivity contribution in [3.8, 4) is 0 Å². The summed E-state index contributed by atoms with van der Waals surface area (Å²) < 4.78 is 4.84. The van der Waals surface area contributed by atoms with Gasteiger partial charge in [0.15, 0.2) is 0 Å². The average molecular weight is 282 g/mol. The molecule has 0 aromatic rings. The highest BCUT2D eigenvalue weighted by Gasteiger charge is 2.12. The third kappa shape index (κ3) is 10.3. The normalized spacial score (nSPS) is 9.83. The minimum atomic E-state index is -0.146. The lowest BCUT2D eigenvalue weighted by atomic mass is 10.3. The molecule has 0 spiro atoms. The molecule has 108 valence electrons. The number of hydrogen-bond donors (Lipinski definition) is 2. The minimum Gasteiger partial charge on any atom is -0.383 e. The number of rotatable bonds is 8. The van der Waals surface area contributed by atoms with Crippen molar-refractivity contribution in [2.24, 2.45) is 0 Å². The Bertz CT molecular complexity index is 250. The van der Waals surface area contributed by atoms with E-state index in [0.29, 0.717) is 13.2 Å². The predicted molar refractivity (Wildman–Crippen MR) is 72.9 cm³/mol. The van der Waals surface area contributed by atoms with Crippen LogP contribution in [0.5, 0.6) is 0 Å². The number of nitrogens with one attached hydrogen (secondary N) is 2. The lowest BCUT2D eigenvalue weighted by Crippen LogP contribution is -2.43. The van der Waals surface area contributed by atoms with Gasteiger partial charge in [-0.15, -0.1) is 12.4 Å². The molecule has 0 rings (SSSR count). The predicted octanol–water partition coefficient (Wildman–Crippen LogP) is -0.373. The van der Waals surface area contributed by atoms with E-state index in [1.54, 1.807) is 14.2 Å². The van der Waals surface area contributed by atoms with E-state index in [0.717, 1.165) is 0 Å². The summed E-state index contributed by atoms with van der Waals surface area (Å²) in [5.74, 6) is -0.257. The van der Waals surface area contributed by atoms with Crippen LogP contribution in [0.25, 0.3) is 0 Å². The van der Waals surface area contributed by atoms with Gasteiger partial charge in [0.05, 0.1) is 19.7 Å². The largest absolute Gasteiger partial charge is 0.383 e. The monoisotopic (exact) mass is 281 g/mol. The first-order valence-corrected chi connectivity index (χ1v) is 5.70. The Hall–Kier alpha value is -0.850. The summed E-state index contributed by atoms with van der Waals surface area (Å²) in [7, 11) is 3.21. The van der Waals surface area contributed by atoms with Gasteiger partial charge in [-0.3, -0.25) is 9.59 Å². The van der Waals surface area contributed by atoms with Crippen LogP contribution in [0.2, 0.25) is 0 Å². The van der Waals surface area contributed by atoms with Crippen LogP contribution in [-0.2, 0) is 14.3 Å². The van der Waals surface area contributed by atoms with Gasteiger partial charge in [0.1, 0.15) is 0 Å². The smallest absolute Gasteiger partial charge is 0.239 e. The summed E-state index contributed by atoms with van der Waals surface area (Å²) in [5, 5.41) is 5.66. The fourth-order valence-corrected chi connectivity index (χ4v) is 1.18. The summed E-state index contributed by atoms with van der Waals surface area (Å²) >= 11 is 0. The van der Waals surface area contributed by atoms with E-state index in [-0.39, 0.29) is 43.4 Å². The Morgan fingerprint density at radius 3 is 2.44 bits per heavy atom. The van der Waals surface area contributed by atoms with Crippen molar-refractivity contribution in [2.75, 3.05) is 40.4 Å². The van der Waals surface area contributed by atoms with Gasteiger partial charge in [0.2, 0.25) is 11.8 Å². The van der Waals surface area contributed by atoms with Crippen LogP contribution in [-0.4, -0.2) is 63.2 Å². The molecule has 0 aliphatic carbocycles. The van der Waals surface area contributed by atoms with Gasteiger partial charge in [-0.25, -0.2) is 0 Å². The van der Waals surface area contributed by atoms with Crippen molar-refractivity contribution in [2.45, 2.75) is 19.9 Å². The molecule has 0 bridgehead atoms. The molecule has 0 saturated carbocycles. The van der Waals surface area contributed by atoms with Crippen molar-refractivity contribution in [3.05, 3.63) is 0 Å². The number of halogens is 1. The molecular formula is C11H24ClN3O3. The second kappa shape index (κ2) is 11.3. The Labute approximate surface area is 115 Å². The van der Waals surface area contributed by atoms with Gasteiger partial charge >= 0.3 is 0 Å². The fourth-order valence-electron chi connectivity index (χ4n) is 1.18. The number of likely N-dealkylation sites (N-methyl/N-ethyl adjacent to an activating group) is 1. The standard InChI is InChI=1S/C11H23N3O3.ClH/c1-9(2)13-10(15)8-14(3)11(16)7-12-5-6-17-4;/h9,12H,5-8H2,1-4H3,(H,13,15);1H. The molecule has 0 unspecified atom stereocenters. The van der Waals surface area contributed by atoms with E-state index in [1.807, 2.05) is 13.8 Å². The Morgan fingerprint density at radius 1 is 1.33 bits per heavy atom. The molecule has 18 heavy (non-hydrogen) atoms. The van der Waals surface area contributed by atoms with E-state index in [4.69, 9.17) is 4.74 Å². The van der Waals surface area contributed by atoms with E-state index in [2.05, 4.69) is 10.6 Å². The molecule has 0 saturated heterocycles. The number of carbonyl (C=O) groups is 2. The molecule has 0 aliphatic rings. The summed E-state index contributed by atoms with van der Waals surface area (Å²) in [6, 6.07) is 0.0887. The first kappa shape index (κ1) is 19.5. The van der Waals surface area contributed by atoms with Gasteiger partial charge in [0.25, 0.3) is 0 Å². The summed E-state index contributed by atoms with van der Waals surface area (Å²) in [6.45, 7) is 5.24. The van der Waals surface area contributed by atoms with Gasteiger partial charge in [-0.2, -0.15) is 0 Å². The van der Waals surface area contributed by atoms with Crippen LogP contribution in [0.15, 0.2) is 0 Å². The lowest BCUT2D eigenvalue weighted by molar-refractivity contribution is -0.134. The Morgan fingerprint density at radius 2 is 1.94 bits per heavy atom. The number of hydrogen-bond acceptors (Lipinski definition) is 4. The summed E-state index contributed by atoms with van der Waals surface area (Å²) in [4.78, 5) is 24.4. The molecular weight excluding hydrogens is 258 g/mol. The number of amides is 2. The molecule has 0 aromatic carbocycles. The molecule has 6 nitrogen and oxygen atoms in total. The van der Waals surface area contributed by atoms with Crippen LogP contribution in [0.4, 0.5) is 0 Å². The van der Waals surface area contributed by atoms with Crippen LogP contribution in [0, 0.1) is 0 Å². The van der Waals surface area contributed by atoms with E-state index in [1.165, 1.54) is 4.90 Å². The zero-order chi connectivity index (χ0) is 13.3. The molecule has 7 heteroatoms. The highest BCUT2D eigenvalue weighted by molar-refractivity contribution is 5.85. The molecule has 0 atom stereocenters. The van der Waals surface area contributed by atoms with Gasteiger partial charge in [0, 0.05) is 26.7 Å². The van der Waals surface area contributed by atoms with Gasteiger partial charge in [-0.1, -0.05) is 0 Å². The van der Waals surface area contributed by atoms with Crippen molar-refractivity contribution >= 4 is 24.2 Å². The summed E-state index contributed by atoms with van der Waals surface area (Å²) in [5.41, 5.74) is 0. The van der Waals surface area contributed by atoms with Crippen LogP contribution < -0.4 is 10.6 Å². The van der Waals surface area contributed by atoms with E-state index >= 15 is 0 Å². The average Bonchev–Trinajstić information content (AvgIpc) is 2.22. The minimum absolute atomic E-state index is 0. The second-order valence-electron chi connectivity index (χ2n) is 4.14. The quantitative estimate of drug-likeness (QED) is 0.596. The van der Waals surface area contributed by atoms with Crippen molar-refractivity contribution in [3.63, 3.8) is 0 Å². The van der Waals surface area contributed by atoms with E-state index < -0.39 is 0 Å². The van der Waals surface area contributed by atoms with Crippen LogP contribution in [0.1, 0.15) is 13.8 Å². The highest BCUT2D eigenvalue weighted by atomic mass is 35.5. The third-order valence-corrected chi connectivity index (χ3v) is 2.02. The molecule has 0 heterocycles. The lowest BCUT2D eigenvalue weighted by Gasteiger charge is -2.18. The SMILES string of the molecule is COCCNCC(=O)N(C)CC(=O)NC(C)C.Cl. The molecule has 0 fully saturated rings. The zero-order valence-corrected chi connectivity index (χ0v) is 12.3. The van der Waals surface area contributed by atoms with Gasteiger partial charge < -0.3 is 20.3 Å². The van der Waals surface area contributed by atoms with Crippen LogP contribution >= 0.6 is 12.4 Å². The molecule has 0 radical (unpaired) electrons. The maximum atomic E-state index is 11.6. The molecule has 2 N–H and O–H groups in total. The Balaban J connectivity index is 0. The topological polar surface area (TPSA) is 70.7 Å². The fraction of sp³-hybridized carbons (Fsp3) is 0.818. The Kier molecular flexibility index (Phi) is 12.2. The highest BCUT2D eigenvalue weighted by Crippen LogP contribution is 1.85. The van der Waals surface area contributed by atoms with Crippen LogP contribution in [0.3, 0.4) is 0 Å². The van der Waals surface area contributed by atoms with Gasteiger partial charge in [-0.05, 0) is 13.8 Å². The first-order valence-electron chi connectivity index (χ1n) is 5.70. The molecule has 0 aliphatic heterocycles. The third-order valence-electron chi connectivity index (χ3n) is 2.02. The second-order valence-corrected chi connectivity index (χ2v) is 4.14. The summed E-state index contributed by atoms with van der Waals surface area (Å²) in [6.07, 6.45) is 0. The molecule has 0 aromatic heterocycles. The number of methoxy groups -OCH3 is 1. The zero-order valence-electron chi connectivity index (χ0n) is 11.5.